The third kappa shape index (κ3) is 6.48. The summed E-state index contributed by atoms with van der Waals surface area (Å²) in [6.07, 6.45) is 4.38. The van der Waals surface area contributed by atoms with Gasteiger partial charge in [-0.3, -0.25) is 9.69 Å². The topological polar surface area (TPSA) is 61.6 Å². The quantitative estimate of drug-likeness (QED) is 0.574. The fraction of sp³-hybridized carbons (Fsp3) is 0.643. The molecular formula is C28H42N4O2. The average Bonchev–Trinajstić information content (AvgIpc) is 3.16. The molecule has 0 radical (unpaired) electrons. The summed E-state index contributed by atoms with van der Waals surface area (Å²) in [5, 5.41) is 3.22. The van der Waals surface area contributed by atoms with Gasteiger partial charge < -0.3 is 14.6 Å². The molecule has 2 aliphatic rings. The van der Waals surface area contributed by atoms with Gasteiger partial charge in [-0.25, -0.2) is 4.98 Å². The summed E-state index contributed by atoms with van der Waals surface area (Å²) in [5.41, 5.74) is 3.18. The van der Waals surface area contributed by atoms with Crippen LogP contribution in [0, 0.1) is 31.6 Å². The number of carbonyl (C=O) groups excluding carboxylic acids is 1. The Hall–Kier alpha value is -2.18. The maximum atomic E-state index is 12.9. The second-order valence-electron chi connectivity index (χ2n) is 10.8. The molecule has 1 amide bonds. The second-order valence-corrected chi connectivity index (χ2v) is 10.8. The fourth-order valence-corrected chi connectivity index (χ4v) is 5.76. The first-order valence-electron chi connectivity index (χ1n) is 13.1. The molecule has 0 bridgehead atoms. The minimum atomic E-state index is 0.0619. The molecule has 6 heteroatoms. The number of hydrogen-bond donors (Lipinski definition) is 1. The minimum absolute atomic E-state index is 0.0619. The highest BCUT2D eigenvalue weighted by Crippen LogP contribution is 2.26. The largest absolute Gasteiger partial charge is 0.441 e. The maximum absolute atomic E-state index is 12.9. The summed E-state index contributed by atoms with van der Waals surface area (Å²) in [7, 11) is 0. The zero-order valence-electron chi connectivity index (χ0n) is 21.5. The molecule has 0 spiro atoms. The number of amides is 1. The van der Waals surface area contributed by atoms with Gasteiger partial charge in [-0.05, 0) is 76.1 Å². The maximum Gasteiger partial charge on any atom is 0.226 e. The van der Waals surface area contributed by atoms with Crippen LogP contribution < -0.4 is 5.32 Å². The molecule has 3 heterocycles. The summed E-state index contributed by atoms with van der Waals surface area (Å²) in [6.45, 7) is 15.5. The number of oxazole rings is 1. The van der Waals surface area contributed by atoms with Crippen LogP contribution in [0.2, 0.25) is 0 Å². The van der Waals surface area contributed by atoms with E-state index in [9.17, 15) is 4.79 Å². The van der Waals surface area contributed by atoms with E-state index < -0.39 is 0 Å². The number of hydrogen-bond acceptors (Lipinski definition) is 5. The van der Waals surface area contributed by atoms with E-state index in [0.717, 1.165) is 86.4 Å². The molecule has 0 aliphatic carbocycles. The summed E-state index contributed by atoms with van der Waals surface area (Å²) >= 11 is 0. The van der Waals surface area contributed by atoms with Crippen molar-refractivity contribution in [2.75, 3.05) is 39.3 Å². The number of aromatic nitrogens is 1. The Balaban J connectivity index is 1.24. The van der Waals surface area contributed by atoms with Crippen LogP contribution in [0.25, 0.3) is 11.5 Å². The molecule has 1 aromatic heterocycles. The highest BCUT2D eigenvalue weighted by Gasteiger charge is 2.27. The SMILES string of the molecule is Cc1ccccc1-c1nc(CN2CCCC(C(=O)NCCCN3CC(C)CC(C)C3)C2)c(C)o1. The van der Waals surface area contributed by atoms with Crippen LogP contribution in [0.15, 0.2) is 28.7 Å². The van der Waals surface area contributed by atoms with Gasteiger partial charge in [0, 0.05) is 38.3 Å². The van der Waals surface area contributed by atoms with Crippen molar-refractivity contribution in [1.29, 1.82) is 0 Å². The lowest BCUT2D eigenvalue weighted by Gasteiger charge is -2.35. The van der Waals surface area contributed by atoms with Crippen molar-refractivity contribution in [1.82, 2.24) is 20.1 Å². The first-order chi connectivity index (χ1) is 16.4. The van der Waals surface area contributed by atoms with Crippen molar-refractivity contribution in [3.63, 3.8) is 0 Å². The van der Waals surface area contributed by atoms with Crippen molar-refractivity contribution in [3.05, 3.63) is 41.3 Å². The summed E-state index contributed by atoms with van der Waals surface area (Å²) in [4.78, 5) is 22.6. The molecule has 2 fully saturated rings. The lowest BCUT2D eigenvalue weighted by Crippen LogP contribution is -2.44. The molecule has 6 nitrogen and oxygen atoms in total. The van der Waals surface area contributed by atoms with Gasteiger partial charge in [-0.2, -0.15) is 0 Å². The van der Waals surface area contributed by atoms with Crippen LogP contribution in [0.3, 0.4) is 0 Å². The number of aryl methyl sites for hydroxylation is 2. The summed E-state index contributed by atoms with van der Waals surface area (Å²) in [5.74, 6) is 3.40. The van der Waals surface area contributed by atoms with Gasteiger partial charge in [0.05, 0.1) is 11.6 Å². The predicted octanol–water partition coefficient (Wildman–Crippen LogP) is 4.65. The molecule has 186 valence electrons. The number of nitrogens with zero attached hydrogens (tertiary/aromatic N) is 3. The van der Waals surface area contributed by atoms with E-state index in [1.807, 2.05) is 19.1 Å². The van der Waals surface area contributed by atoms with E-state index in [1.54, 1.807) is 0 Å². The molecule has 34 heavy (non-hydrogen) atoms. The molecule has 3 atom stereocenters. The Morgan fingerprint density at radius 1 is 1.12 bits per heavy atom. The Bertz CT molecular complexity index is 946. The average molecular weight is 467 g/mol. The molecule has 2 aliphatic heterocycles. The highest BCUT2D eigenvalue weighted by molar-refractivity contribution is 5.78. The zero-order chi connectivity index (χ0) is 24.1. The molecule has 0 saturated carbocycles. The van der Waals surface area contributed by atoms with Crippen molar-refractivity contribution in [2.24, 2.45) is 17.8 Å². The van der Waals surface area contributed by atoms with Gasteiger partial charge >= 0.3 is 0 Å². The molecule has 1 aromatic carbocycles. The predicted molar refractivity (Wildman–Crippen MR) is 136 cm³/mol. The van der Waals surface area contributed by atoms with Crippen molar-refractivity contribution >= 4 is 5.91 Å². The Morgan fingerprint density at radius 3 is 2.65 bits per heavy atom. The Morgan fingerprint density at radius 2 is 1.88 bits per heavy atom. The summed E-state index contributed by atoms with van der Waals surface area (Å²) < 4.78 is 6.00. The highest BCUT2D eigenvalue weighted by atomic mass is 16.4. The van der Waals surface area contributed by atoms with Gasteiger partial charge in [-0.15, -0.1) is 0 Å². The van der Waals surface area contributed by atoms with Crippen molar-refractivity contribution in [2.45, 2.75) is 59.9 Å². The van der Waals surface area contributed by atoms with Gasteiger partial charge in [0.25, 0.3) is 0 Å². The summed E-state index contributed by atoms with van der Waals surface area (Å²) in [6, 6.07) is 8.18. The van der Waals surface area contributed by atoms with E-state index in [0.29, 0.717) is 5.89 Å². The lowest BCUT2D eigenvalue weighted by atomic mass is 9.92. The van der Waals surface area contributed by atoms with Gasteiger partial charge in [0.1, 0.15) is 5.76 Å². The first kappa shape index (κ1) is 24.9. The number of piperidine rings is 2. The van der Waals surface area contributed by atoms with Crippen LogP contribution in [-0.4, -0.2) is 60.0 Å². The Labute approximate surface area is 205 Å². The van der Waals surface area contributed by atoms with Crippen LogP contribution in [0.5, 0.6) is 0 Å². The fourth-order valence-electron chi connectivity index (χ4n) is 5.76. The second kappa shape index (κ2) is 11.5. The van der Waals surface area contributed by atoms with Crippen LogP contribution in [-0.2, 0) is 11.3 Å². The monoisotopic (exact) mass is 466 g/mol. The van der Waals surface area contributed by atoms with Crippen molar-refractivity contribution < 1.29 is 9.21 Å². The van der Waals surface area contributed by atoms with E-state index in [4.69, 9.17) is 9.40 Å². The third-order valence-electron chi connectivity index (χ3n) is 7.41. The lowest BCUT2D eigenvalue weighted by molar-refractivity contribution is -0.126. The first-order valence-corrected chi connectivity index (χ1v) is 13.1. The number of likely N-dealkylation sites (tertiary alicyclic amines) is 2. The van der Waals surface area contributed by atoms with E-state index in [2.05, 4.69) is 48.0 Å². The smallest absolute Gasteiger partial charge is 0.226 e. The van der Waals surface area contributed by atoms with Gasteiger partial charge in [0.15, 0.2) is 0 Å². The molecule has 4 rings (SSSR count). The third-order valence-corrected chi connectivity index (χ3v) is 7.41. The number of rotatable bonds is 8. The van der Waals surface area contributed by atoms with Crippen LogP contribution >= 0.6 is 0 Å². The van der Waals surface area contributed by atoms with Gasteiger partial charge in [0.2, 0.25) is 11.8 Å². The zero-order valence-corrected chi connectivity index (χ0v) is 21.5. The van der Waals surface area contributed by atoms with Crippen LogP contribution in [0.4, 0.5) is 0 Å². The van der Waals surface area contributed by atoms with E-state index in [1.165, 1.54) is 19.5 Å². The van der Waals surface area contributed by atoms with Crippen LogP contribution in [0.1, 0.15) is 56.5 Å². The van der Waals surface area contributed by atoms with Gasteiger partial charge in [-0.1, -0.05) is 32.0 Å². The minimum Gasteiger partial charge on any atom is -0.441 e. The molecule has 1 N–H and O–H groups in total. The normalized spacial score (nSPS) is 24.3. The standard InChI is InChI=1S/C28H42N4O2/c1-20-15-21(2)17-31(16-20)14-8-12-29-27(33)24-10-7-13-32(18-24)19-26-23(4)34-28(30-26)25-11-6-5-9-22(25)3/h5-6,9,11,20-21,24H,7-8,10,12-19H2,1-4H3,(H,29,33). The molecular weight excluding hydrogens is 424 g/mol. The number of nitrogens with one attached hydrogen (secondary N) is 1. The molecule has 2 aromatic rings. The van der Waals surface area contributed by atoms with E-state index in [-0.39, 0.29) is 11.8 Å². The number of benzene rings is 1. The van der Waals surface area contributed by atoms with E-state index >= 15 is 0 Å². The molecule has 3 unspecified atom stereocenters. The van der Waals surface area contributed by atoms with Crippen molar-refractivity contribution in [3.8, 4) is 11.5 Å². The Kier molecular flexibility index (Phi) is 8.43. The number of carbonyl (C=O) groups is 1. The molecule has 2 saturated heterocycles.